The molecule has 0 aromatic heterocycles. The van der Waals surface area contributed by atoms with E-state index in [0.29, 0.717) is 0 Å². The molecule has 0 aliphatic heterocycles. The molecule has 1 aromatic rings. The van der Waals surface area contributed by atoms with Gasteiger partial charge in [-0.2, -0.15) is 0 Å². The van der Waals surface area contributed by atoms with Gasteiger partial charge < -0.3 is 15.2 Å². The average Bonchev–Trinajstić information content (AvgIpc) is 3.04. The van der Waals surface area contributed by atoms with Crippen molar-refractivity contribution >= 4 is 11.7 Å². The van der Waals surface area contributed by atoms with Crippen LogP contribution < -0.4 is 5.32 Å². The molecule has 0 spiro atoms. The van der Waals surface area contributed by atoms with Gasteiger partial charge in [-0.1, -0.05) is 37.8 Å². The molecule has 2 rings (SSSR count). The molecule has 4 nitrogen and oxygen atoms in total. The molecule has 1 fully saturated rings. The number of esters is 1. The van der Waals surface area contributed by atoms with Crippen LogP contribution in [0.2, 0.25) is 0 Å². The predicted molar refractivity (Wildman–Crippen MR) is 92.5 cm³/mol. The molecular weight excluding hydrogens is 290 g/mol. The molecule has 2 N–H and O–H groups in total. The largest absolute Gasteiger partial charge is 0.463 e. The third-order valence-corrected chi connectivity index (χ3v) is 4.38. The molecule has 1 unspecified atom stereocenters. The van der Waals surface area contributed by atoms with E-state index in [0.717, 1.165) is 23.7 Å². The summed E-state index contributed by atoms with van der Waals surface area (Å²) in [6, 6.07) is 7.91. The van der Waals surface area contributed by atoms with E-state index in [4.69, 9.17) is 9.84 Å². The first kappa shape index (κ1) is 17.8. The molecule has 1 saturated carbocycles. The van der Waals surface area contributed by atoms with Gasteiger partial charge in [0, 0.05) is 12.2 Å². The van der Waals surface area contributed by atoms with E-state index in [1.165, 1.54) is 38.5 Å². The maximum Gasteiger partial charge on any atom is 0.310 e. The second-order valence-electron chi connectivity index (χ2n) is 6.63. The molecule has 1 aliphatic rings. The molecule has 23 heavy (non-hydrogen) atoms. The summed E-state index contributed by atoms with van der Waals surface area (Å²) in [6.45, 7) is 2.66. The zero-order valence-corrected chi connectivity index (χ0v) is 14.1. The van der Waals surface area contributed by atoms with Gasteiger partial charge in [-0.15, -0.1) is 0 Å². The van der Waals surface area contributed by atoms with Crippen LogP contribution in [0.25, 0.3) is 0 Å². The summed E-state index contributed by atoms with van der Waals surface area (Å²) < 4.78 is 4.96. The van der Waals surface area contributed by atoms with E-state index < -0.39 is 6.10 Å². The van der Waals surface area contributed by atoms with E-state index in [9.17, 15) is 4.79 Å². The Hall–Kier alpha value is -1.55. The number of carbonyl (C=O) groups is 1. The number of anilines is 1. The monoisotopic (exact) mass is 319 g/mol. The van der Waals surface area contributed by atoms with Crippen LogP contribution in [0.4, 0.5) is 5.69 Å². The van der Waals surface area contributed by atoms with Gasteiger partial charge in [0.25, 0.3) is 0 Å². The molecule has 4 heteroatoms. The minimum Gasteiger partial charge on any atom is -0.463 e. The Balaban J connectivity index is 1.64. The van der Waals surface area contributed by atoms with Crippen molar-refractivity contribution in [2.75, 3.05) is 18.5 Å². The standard InChI is InChI=1S/C19H29NO3/c1-15(21)14-23-19(22)13-17-8-10-18(11-9-17)20-12-4-7-16-5-2-3-6-16/h8-11,15-16,20-21H,2-7,12-14H2,1H3. The quantitative estimate of drug-likeness (QED) is 0.540. The van der Waals surface area contributed by atoms with Crippen molar-refractivity contribution in [1.82, 2.24) is 0 Å². The Labute approximate surface area is 139 Å². The SMILES string of the molecule is CC(O)COC(=O)Cc1ccc(NCCCC2CCCC2)cc1. The average molecular weight is 319 g/mol. The zero-order chi connectivity index (χ0) is 16.5. The highest BCUT2D eigenvalue weighted by Crippen LogP contribution is 2.28. The fourth-order valence-corrected chi connectivity index (χ4v) is 3.09. The number of aliphatic hydroxyl groups excluding tert-OH is 1. The third-order valence-electron chi connectivity index (χ3n) is 4.38. The Kier molecular flexibility index (Phi) is 7.40. The van der Waals surface area contributed by atoms with Crippen molar-refractivity contribution in [3.63, 3.8) is 0 Å². The molecule has 0 radical (unpaired) electrons. The molecule has 0 amide bonds. The minimum absolute atomic E-state index is 0.0550. The highest BCUT2D eigenvalue weighted by atomic mass is 16.5. The van der Waals surface area contributed by atoms with E-state index >= 15 is 0 Å². The second kappa shape index (κ2) is 9.56. The van der Waals surface area contributed by atoms with Crippen molar-refractivity contribution in [2.24, 2.45) is 5.92 Å². The maximum atomic E-state index is 11.6. The van der Waals surface area contributed by atoms with Crippen LogP contribution in [-0.4, -0.2) is 30.3 Å². The Bertz CT molecular complexity index is 464. The van der Waals surface area contributed by atoms with Crippen LogP contribution >= 0.6 is 0 Å². The summed E-state index contributed by atoms with van der Waals surface area (Å²) in [7, 11) is 0. The zero-order valence-electron chi connectivity index (χ0n) is 14.1. The first-order chi connectivity index (χ1) is 11.1. The lowest BCUT2D eigenvalue weighted by atomic mass is 10.0. The highest BCUT2D eigenvalue weighted by Gasteiger charge is 2.13. The molecule has 128 valence electrons. The van der Waals surface area contributed by atoms with E-state index in [1.54, 1.807) is 6.92 Å². The van der Waals surface area contributed by atoms with Crippen LogP contribution in [0.1, 0.15) is 51.0 Å². The summed E-state index contributed by atoms with van der Waals surface area (Å²) >= 11 is 0. The van der Waals surface area contributed by atoms with Gasteiger partial charge in [0.05, 0.1) is 12.5 Å². The number of carbonyl (C=O) groups excluding carboxylic acids is 1. The number of nitrogens with one attached hydrogen (secondary N) is 1. The van der Waals surface area contributed by atoms with E-state index in [1.807, 2.05) is 24.3 Å². The number of ether oxygens (including phenoxy) is 1. The van der Waals surface area contributed by atoms with Gasteiger partial charge in [-0.25, -0.2) is 0 Å². The number of aliphatic hydroxyl groups is 1. The lowest BCUT2D eigenvalue weighted by Crippen LogP contribution is -2.16. The Morgan fingerprint density at radius 1 is 1.30 bits per heavy atom. The molecule has 1 atom stereocenters. The molecule has 0 heterocycles. The van der Waals surface area contributed by atoms with Gasteiger partial charge >= 0.3 is 5.97 Å². The summed E-state index contributed by atoms with van der Waals surface area (Å²) in [5.41, 5.74) is 2.02. The summed E-state index contributed by atoms with van der Waals surface area (Å²) in [5.74, 6) is 0.648. The van der Waals surface area contributed by atoms with Crippen molar-refractivity contribution in [1.29, 1.82) is 0 Å². The molecular formula is C19H29NO3. The summed E-state index contributed by atoms with van der Waals surface area (Å²) in [4.78, 5) is 11.6. The molecule has 0 saturated heterocycles. The van der Waals surface area contributed by atoms with Crippen LogP contribution in [0.15, 0.2) is 24.3 Å². The van der Waals surface area contributed by atoms with Gasteiger partial charge in [0.15, 0.2) is 0 Å². The van der Waals surface area contributed by atoms with Crippen molar-refractivity contribution in [2.45, 2.75) is 58.0 Å². The van der Waals surface area contributed by atoms with Crippen LogP contribution in [-0.2, 0) is 16.0 Å². The van der Waals surface area contributed by atoms with E-state index in [-0.39, 0.29) is 19.0 Å². The molecule has 0 bridgehead atoms. The van der Waals surface area contributed by atoms with Crippen molar-refractivity contribution < 1.29 is 14.6 Å². The van der Waals surface area contributed by atoms with Crippen LogP contribution in [0.5, 0.6) is 0 Å². The fourth-order valence-electron chi connectivity index (χ4n) is 3.09. The predicted octanol–water partition coefficient (Wildman–Crippen LogP) is 3.54. The maximum absolute atomic E-state index is 11.6. The fraction of sp³-hybridized carbons (Fsp3) is 0.632. The Morgan fingerprint density at radius 2 is 2.00 bits per heavy atom. The highest BCUT2D eigenvalue weighted by molar-refractivity contribution is 5.72. The first-order valence-electron chi connectivity index (χ1n) is 8.80. The van der Waals surface area contributed by atoms with Crippen molar-refractivity contribution in [3.05, 3.63) is 29.8 Å². The van der Waals surface area contributed by atoms with Gasteiger partial charge in [0.1, 0.15) is 6.61 Å². The van der Waals surface area contributed by atoms with Gasteiger partial charge in [-0.05, 0) is 43.4 Å². The lowest BCUT2D eigenvalue weighted by Gasteiger charge is -2.11. The van der Waals surface area contributed by atoms with Crippen molar-refractivity contribution in [3.8, 4) is 0 Å². The topological polar surface area (TPSA) is 58.6 Å². The van der Waals surface area contributed by atoms with Crippen LogP contribution in [0, 0.1) is 5.92 Å². The van der Waals surface area contributed by atoms with Gasteiger partial charge in [-0.3, -0.25) is 4.79 Å². The molecule has 1 aromatic carbocycles. The summed E-state index contributed by atoms with van der Waals surface area (Å²) in [5, 5.41) is 12.5. The second-order valence-corrected chi connectivity index (χ2v) is 6.63. The number of benzene rings is 1. The number of hydrogen-bond donors (Lipinski definition) is 2. The van der Waals surface area contributed by atoms with Gasteiger partial charge in [0.2, 0.25) is 0 Å². The smallest absolute Gasteiger partial charge is 0.310 e. The number of hydrogen-bond acceptors (Lipinski definition) is 4. The summed E-state index contributed by atoms with van der Waals surface area (Å²) in [6.07, 6.45) is 7.85. The number of rotatable bonds is 9. The lowest BCUT2D eigenvalue weighted by molar-refractivity contribution is -0.145. The normalized spacial score (nSPS) is 16.3. The van der Waals surface area contributed by atoms with Crippen LogP contribution in [0.3, 0.4) is 0 Å². The third kappa shape index (κ3) is 7.04. The minimum atomic E-state index is -0.616. The first-order valence-corrected chi connectivity index (χ1v) is 8.80. The molecule has 1 aliphatic carbocycles. The van der Waals surface area contributed by atoms with E-state index in [2.05, 4.69) is 5.32 Å². The Morgan fingerprint density at radius 3 is 2.65 bits per heavy atom.